The maximum Gasteiger partial charge on any atom is 0.266 e. The zero-order valence-electron chi connectivity index (χ0n) is 16.3. The molecule has 30 heavy (non-hydrogen) atoms. The topological polar surface area (TPSA) is 102 Å². The van der Waals surface area contributed by atoms with Gasteiger partial charge >= 0.3 is 0 Å². The van der Waals surface area contributed by atoms with Crippen molar-refractivity contribution in [1.82, 2.24) is 5.32 Å². The van der Waals surface area contributed by atoms with Gasteiger partial charge in [0, 0.05) is 11.7 Å². The number of hydrogen-bond donors (Lipinski definition) is 3. The van der Waals surface area contributed by atoms with Crippen molar-refractivity contribution in [2.75, 3.05) is 5.32 Å². The Morgan fingerprint density at radius 1 is 1.10 bits per heavy atom. The molecule has 6 nitrogen and oxygen atoms in total. The van der Waals surface area contributed by atoms with Gasteiger partial charge in [0.25, 0.3) is 11.8 Å². The number of hydrogen-bond acceptors (Lipinski definition) is 4. The molecule has 3 N–H and O–H groups in total. The van der Waals surface area contributed by atoms with Crippen molar-refractivity contribution in [3.63, 3.8) is 0 Å². The van der Waals surface area contributed by atoms with Gasteiger partial charge in [-0.2, -0.15) is 5.26 Å². The number of phenolic OH excluding ortho intramolecular Hbond substituents is 1. The van der Waals surface area contributed by atoms with E-state index in [9.17, 15) is 20.0 Å². The Morgan fingerprint density at radius 2 is 1.80 bits per heavy atom. The predicted molar refractivity (Wildman–Crippen MR) is 116 cm³/mol. The van der Waals surface area contributed by atoms with Gasteiger partial charge in [0.2, 0.25) is 0 Å². The van der Waals surface area contributed by atoms with E-state index in [1.165, 1.54) is 30.7 Å². The molecule has 0 saturated heterocycles. The first kappa shape index (κ1) is 21.4. The largest absolute Gasteiger partial charge is 0.508 e. The highest BCUT2D eigenvalue weighted by molar-refractivity contribution is 6.34. The van der Waals surface area contributed by atoms with Gasteiger partial charge in [0.05, 0.1) is 10.6 Å². The monoisotopic (exact) mass is 423 g/mol. The van der Waals surface area contributed by atoms with Gasteiger partial charge in [-0.15, -0.1) is 0 Å². The van der Waals surface area contributed by atoms with Crippen LogP contribution in [0.3, 0.4) is 0 Å². The number of aromatic hydroxyl groups is 1. The molecule has 154 valence electrons. The fourth-order valence-electron chi connectivity index (χ4n) is 3.37. The summed E-state index contributed by atoms with van der Waals surface area (Å²) in [5.74, 6) is -0.787. The molecule has 1 fully saturated rings. The lowest BCUT2D eigenvalue weighted by Gasteiger charge is -2.23. The van der Waals surface area contributed by atoms with Crippen molar-refractivity contribution in [3.8, 4) is 11.8 Å². The Bertz CT molecular complexity index is 1000. The van der Waals surface area contributed by atoms with Crippen molar-refractivity contribution in [3.05, 3.63) is 64.2 Å². The van der Waals surface area contributed by atoms with Gasteiger partial charge in [0.1, 0.15) is 17.4 Å². The van der Waals surface area contributed by atoms with Crippen LogP contribution in [0.25, 0.3) is 6.08 Å². The Balaban J connectivity index is 1.73. The van der Waals surface area contributed by atoms with Crippen molar-refractivity contribution in [1.29, 1.82) is 5.26 Å². The first-order chi connectivity index (χ1) is 14.5. The van der Waals surface area contributed by atoms with E-state index < -0.39 is 5.91 Å². The summed E-state index contributed by atoms with van der Waals surface area (Å²) in [5, 5.41) is 24.6. The summed E-state index contributed by atoms with van der Waals surface area (Å²) >= 11 is 6.20. The average Bonchev–Trinajstić information content (AvgIpc) is 2.75. The minimum atomic E-state index is -0.605. The summed E-state index contributed by atoms with van der Waals surface area (Å²) < 4.78 is 0. The quantitative estimate of drug-likeness (QED) is 0.481. The Labute approximate surface area is 180 Å². The molecule has 0 bridgehead atoms. The molecule has 0 unspecified atom stereocenters. The number of nitriles is 1. The van der Waals surface area contributed by atoms with Crippen molar-refractivity contribution >= 4 is 35.2 Å². The third-order valence-corrected chi connectivity index (χ3v) is 5.31. The second kappa shape index (κ2) is 9.95. The molecule has 1 aliphatic carbocycles. The van der Waals surface area contributed by atoms with Crippen LogP contribution in [0.15, 0.2) is 48.0 Å². The molecule has 3 rings (SSSR count). The third kappa shape index (κ3) is 5.62. The number of nitrogens with zero attached hydrogens (tertiary/aromatic N) is 1. The van der Waals surface area contributed by atoms with Crippen LogP contribution in [0.4, 0.5) is 5.69 Å². The van der Waals surface area contributed by atoms with E-state index in [-0.39, 0.29) is 28.8 Å². The zero-order chi connectivity index (χ0) is 21.5. The Morgan fingerprint density at radius 3 is 2.47 bits per heavy atom. The highest BCUT2D eigenvalue weighted by Gasteiger charge is 2.19. The van der Waals surface area contributed by atoms with Gasteiger partial charge in [-0.05, 0) is 54.8 Å². The van der Waals surface area contributed by atoms with Crippen LogP contribution in [0.5, 0.6) is 5.75 Å². The first-order valence-electron chi connectivity index (χ1n) is 9.79. The van der Waals surface area contributed by atoms with Crippen molar-refractivity contribution in [2.45, 2.75) is 38.1 Å². The first-order valence-corrected chi connectivity index (χ1v) is 10.2. The number of carbonyl (C=O) groups is 2. The van der Waals surface area contributed by atoms with Crippen LogP contribution in [0.2, 0.25) is 5.02 Å². The van der Waals surface area contributed by atoms with E-state index in [1.807, 2.05) is 6.07 Å². The molecule has 7 heteroatoms. The second-order valence-corrected chi connectivity index (χ2v) is 7.63. The molecular weight excluding hydrogens is 402 g/mol. The molecule has 0 atom stereocenters. The van der Waals surface area contributed by atoms with E-state index in [1.54, 1.807) is 24.3 Å². The summed E-state index contributed by atoms with van der Waals surface area (Å²) in [6, 6.07) is 12.8. The van der Waals surface area contributed by atoms with E-state index in [0.29, 0.717) is 16.3 Å². The molecule has 0 aliphatic heterocycles. The third-order valence-electron chi connectivity index (χ3n) is 4.98. The molecule has 0 radical (unpaired) electrons. The van der Waals surface area contributed by atoms with E-state index >= 15 is 0 Å². The van der Waals surface area contributed by atoms with E-state index in [0.717, 1.165) is 25.7 Å². The van der Waals surface area contributed by atoms with Crippen molar-refractivity contribution in [2.24, 2.45) is 0 Å². The van der Waals surface area contributed by atoms with Crippen LogP contribution in [0.1, 0.15) is 48.0 Å². The molecule has 0 aromatic heterocycles. The Hall–Kier alpha value is -3.30. The number of carbonyl (C=O) groups excluding carboxylic acids is 2. The summed E-state index contributed by atoms with van der Waals surface area (Å²) in [7, 11) is 0. The molecule has 1 aliphatic rings. The Kier molecular flexibility index (Phi) is 7.10. The summed E-state index contributed by atoms with van der Waals surface area (Å²) in [4.78, 5) is 25.2. The molecule has 2 aromatic carbocycles. The summed E-state index contributed by atoms with van der Waals surface area (Å²) in [5.41, 5.74) is 1.14. The highest BCUT2D eigenvalue weighted by atomic mass is 35.5. The molecular formula is C23H22ClN3O3. The fourth-order valence-corrected chi connectivity index (χ4v) is 3.57. The lowest BCUT2D eigenvalue weighted by Crippen LogP contribution is -2.36. The number of phenols is 1. The number of amides is 2. The maximum atomic E-state index is 12.6. The minimum Gasteiger partial charge on any atom is -0.508 e. The predicted octanol–water partition coefficient (Wildman–Crippen LogP) is 4.65. The van der Waals surface area contributed by atoms with E-state index in [4.69, 9.17) is 11.6 Å². The highest BCUT2D eigenvalue weighted by Crippen LogP contribution is 2.23. The van der Waals surface area contributed by atoms with Crippen LogP contribution < -0.4 is 10.6 Å². The van der Waals surface area contributed by atoms with Crippen molar-refractivity contribution < 1.29 is 14.7 Å². The average molecular weight is 424 g/mol. The van der Waals surface area contributed by atoms with Gasteiger partial charge in [0.15, 0.2) is 0 Å². The standard InChI is InChI=1S/C23H22ClN3O3/c24-21-11-8-18(13-20(21)23(30)26-17-4-2-1-3-5-17)27-22(29)16(14-25)12-15-6-9-19(28)10-7-15/h6-13,17,28H,1-5H2,(H,26,30)(H,27,29). The molecule has 0 spiro atoms. The number of nitrogens with one attached hydrogen (secondary N) is 2. The molecule has 0 heterocycles. The number of anilines is 1. The fraction of sp³-hybridized carbons (Fsp3) is 0.261. The molecule has 1 saturated carbocycles. The van der Waals surface area contributed by atoms with Crippen LogP contribution in [-0.2, 0) is 4.79 Å². The van der Waals surface area contributed by atoms with Gasteiger partial charge in [-0.1, -0.05) is 43.0 Å². The second-order valence-electron chi connectivity index (χ2n) is 7.22. The number of benzene rings is 2. The molecule has 2 amide bonds. The van der Waals surface area contributed by atoms with Gasteiger partial charge in [-0.3, -0.25) is 9.59 Å². The lowest BCUT2D eigenvalue weighted by atomic mass is 9.95. The number of rotatable bonds is 5. The smallest absolute Gasteiger partial charge is 0.266 e. The van der Waals surface area contributed by atoms with Crippen LogP contribution in [0, 0.1) is 11.3 Å². The van der Waals surface area contributed by atoms with Gasteiger partial charge in [-0.25, -0.2) is 0 Å². The zero-order valence-corrected chi connectivity index (χ0v) is 17.1. The minimum absolute atomic E-state index is 0.0929. The van der Waals surface area contributed by atoms with E-state index in [2.05, 4.69) is 10.6 Å². The van der Waals surface area contributed by atoms with Crippen LogP contribution >= 0.6 is 11.6 Å². The normalized spacial score (nSPS) is 14.6. The lowest BCUT2D eigenvalue weighted by molar-refractivity contribution is -0.112. The summed E-state index contributed by atoms with van der Waals surface area (Å²) in [6.45, 7) is 0. The van der Waals surface area contributed by atoms with Gasteiger partial charge < -0.3 is 15.7 Å². The SMILES string of the molecule is N#CC(=Cc1ccc(O)cc1)C(=O)Nc1ccc(Cl)c(C(=O)NC2CCCCC2)c1. The molecule has 2 aromatic rings. The van der Waals surface area contributed by atoms with Crippen LogP contribution in [-0.4, -0.2) is 23.0 Å². The maximum absolute atomic E-state index is 12.6. The number of halogens is 1. The summed E-state index contributed by atoms with van der Waals surface area (Å²) in [6.07, 6.45) is 6.70.